The molecule has 1 aromatic rings. The van der Waals surface area contributed by atoms with Crippen molar-refractivity contribution < 1.29 is 4.79 Å². The van der Waals surface area contributed by atoms with Crippen LogP contribution in [-0.2, 0) is 4.79 Å². The van der Waals surface area contributed by atoms with Crippen LogP contribution in [0.1, 0.15) is 24.9 Å². The van der Waals surface area contributed by atoms with E-state index in [2.05, 4.69) is 15.9 Å². The molecule has 0 aromatic heterocycles. The number of nitrogens with zero attached hydrogens (tertiary/aromatic N) is 1. The van der Waals surface area contributed by atoms with Crippen molar-refractivity contribution in [1.82, 2.24) is 4.90 Å². The van der Waals surface area contributed by atoms with E-state index < -0.39 is 0 Å². The van der Waals surface area contributed by atoms with Gasteiger partial charge in [0.2, 0.25) is 5.91 Å². The number of carbonyl (C=O) groups excluding carboxylic acids is 1. The molecule has 2 nitrogen and oxygen atoms in total. The first-order chi connectivity index (χ1) is 7.58. The van der Waals surface area contributed by atoms with Crippen LogP contribution in [-0.4, -0.2) is 22.7 Å². The zero-order valence-electron chi connectivity index (χ0n) is 8.99. The van der Waals surface area contributed by atoms with Gasteiger partial charge in [-0.05, 0) is 24.6 Å². The van der Waals surface area contributed by atoms with Crippen molar-refractivity contribution in [3.8, 4) is 0 Å². The summed E-state index contributed by atoms with van der Waals surface area (Å²) in [5.74, 6) is 0.146. The lowest BCUT2D eigenvalue weighted by Gasteiger charge is -2.24. The van der Waals surface area contributed by atoms with Crippen LogP contribution >= 0.6 is 27.5 Å². The lowest BCUT2D eigenvalue weighted by molar-refractivity contribution is -0.129. The zero-order valence-corrected chi connectivity index (χ0v) is 11.3. The Morgan fingerprint density at radius 3 is 2.88 bits per heavy atom. The molecular formula is C12H13BrClNO. The molecule has 4 heteroatoms. The third-order valence-electron chi connectivity index (χ3n) is 2.91. The third kappa shape index (κ3) is 2.41. The average molecular weight is 303 g/mol. The number of rotatable bonds is 2. The lowest BCUT2D eigenvalue weighted by Crippen LogP contribution is -2.28. The number of amides is 1. The fourth-order valence-electron chi connectivity index (χ4n) is 2.01. The van der Waals surface area contributed by atoms with Gasteiger partial charge in [-0.3, -0.25) is 4.79 Å². The fourth-order valence-corrected chi connectivity index (χ4v) is 2.70. The molecule has 1 fully saturated rings. The maximum absolute atomic E-state index is 11.7. The minimum absolute atomic E-state index is 0.0397. The maximum atomic E-state index is 11.7. The Morgan fingerprint density at radius 2 is 2.31 bits per heavy atom. The highest BCUT2D eigenvalue weighted by molar-refractivity contribution is 9.10. The number of hydrogen-bond acceptors (Lipinski definition) is 1. The molecule has 1 heterocycles. The topological polar surface area (TPSA) is 20.3 Å². The molecule has 1 aliphatic rings. The third-order valence-corrected chi connectivity index (χ3v) is 3.70. The molecule has 0 bridgehead atoms. The minimum atomic E-state index is -0.0397. The highest BCUT2D eigenvalue weighted by Crippen LogP contribution is 2.28. The first-order valence-corrected chi connectivity index (χ1v) is 6.50. The van der Waals surface area contributed by atoms with Crippen LogP contribution in [0.4, 0.5) is 0 Å². The van der Waals surface area contributed by atoms with E-state index in [4.69, 9.17) is 11.6 Å². The molecule has 0 saturated carbocycles. The Balaban J connectivity index is 2.19. The SMILES string of the molecule is CC(c1cccc(Br)c1)N1CC(Cl)CC1=O. The zero-order chi connectivity index (χ0) is 11.7. The van der Waals surface area contributed by atoms with Gasteiger partial charge in [-0.2, -0.15) is 0 Å². The number of benzene rings is 1. The molecule has 86 valence electrons. The van der Waals surface area contributed by atoms with E-state index >= 15 is 0 Å². The van der Waals surface area contributed by atoms with E-state index in [0.29, 0.717) is 13.0 Å². The summed E-state index contributed by atoms with van der Waals surface area (Å²) in [5, 5.41) is -0.0397. The Bertz CT molecular complexity index is 410. The van der Waals surface area contributed by atoms with Crippen LogP contribution in [0.15, 0.2) is 28.7 Å². The predicted molar refractivity (Wildman–Crippen MR) is 68.5 cm³/mol. The van der Waals surface area contributed by atoms with Crippen LogP contribution < -0.4 is 0 Å². The summed E-state index contributed by atoms with van der Waals surface area (Å²) in [4.78, 5) is 13.6. The van der Waals surface area contributed by atoms with Crippen molar-refractivity contribution in [2.45, 2.75) is 24.8 Å². The number of carbonyl (C=O) groups is 1. The molecule has 2 unspecified atom stereocenters. The van der Waals surface area contributed by atoms with Crippen molar-refractivity contribution in [2.24, 2.45) is 0 Å². The van der Waals surface area contributed by atoms with Gasteiger partial charge in [-0.25, -0.2) is 0 Å². The first-order valence-electron chi connectivity index (χ1n) is 5.27. The molecular weight excluding hydrogens is 289 g/mol. The summed E-state index contributed by atoms with van der Waals surface area (Å²) in [6.07, 6.45) is 0.458. The van der Waals surface area contributed by atoms with Gasteiger partial charge in [0.05, 0.1) is 11.4 Å². The van der Waals surface area contributed by atoms with Crippen LogP contribution in [0.2, 0.25) is 0 Å². The molecule has 2 rings (SSSR count). The summed E-state index contributed by atoms with van der Waals surface area (Å²) < 4.78 is 1.03. The molecule has 1 saturated heterocycles. The monoisotopic (exact) mass is 301 g/mol. The summed E-state index contributed by atoms with van der Waals surface area (Å²) in [7, 11) is 0. The average Bonchev–Trinajstić information content (AvgIpc) is 2.57. The molecule has 0 N–H and O–H groups in total. The van der Waals surface area contributed by atoms with Crippen molar-refractivity contribution >= 4 is 33.4 Å². The van der Waals surface area contributed by atoms with E-state index in [0.717, 1.165) is 10.0 Å². The van der Waals surface area contributed by atoms with Crippen molar-refractivity contribution in [3.05, 3.63) is 34.3 Å². The van der Waals surface area contributed by atoms with E-state index in [9.17, 15) is 4.79 Å². The van der Waals surface area contributed by atoms with Crippen LogP contribution in [0.3, 0.4) is 0 Å². The fraction of sp³-hybridized carbons (Fsp3) is 0.417. The number of likely N-dealkylation sites (tertiary alicyclic amines) is 1. The van der Waals surface area contributed by atoms with Gasteiger partial charge >= 0.3 is 0 Å². The second kappa shape index (κ2) is 4.76. The summed E-state index contributed by atoms with van der Waals surface area (Å²) in [5.41, 5.74) is 1.13. The van der Waals surface area contributed by atoms with E-state index in [-0.39, 0.29) is 17.3 Å². The van der Waals surface area contributed by atoms with Crippen molar-refractivity contribution in [3.63, 3.8) is 0 Å². The largest absolute Gasteiger partial charge is 0.334 e. The van der Waals surface area contributed by atoms with Gasteiger partial charge in [-0.1, -0.05) is 28.1 Å². The van der Waals surface area contributed by atoms with E-state index in [1.165, 1.54) is 0 Å². The normalized spacial score (nSPS) is 22.6. The maximum Gasteiger partial charge on any atom is 0.224 e. The number of alkyl halides is 1. The standard InChI is InChI=1S/C12H13BrClNO/c1-8(9-3-2-4-10(13)5-9)15-7-11(14)6-12(15)16/h2-5,8,11H,6-7H2,1H3. The van der Waals surface area contributed by atoms with Gasteiger partial charge in [0.1, 0.15) is 0 Å². The number of hydrogen-bond donors (Lipinski definition) is 0. The predicted octanol–water partition coefficient (Wildman–Crippen LogP) is 3.35. The smallest absolute Gasteiger partial charge is 0.224 e. The summed E-state index contributed by atoms with van der Waals surface area (Å²) >= 11 is 9.43. The molecule has 0 spiro atoms. The Kier molecular flexibility index (Phi) is 3.55. The first kappa shape index (κ1) is 11.9. The molecule has 1 aliphatic heterocycles. The van der Waals surface area contributed by atoms with Gasteiger partial charge < -0.3 is 4.90 Å². The van der Waals surface area contributed by atoms with Crippen LogP contribution in [0.5, 0.6) is 0 Å². The Labute approximate surface area is 109 Å². The molecule has 0 aliphatic carbocycles. The second-order valence-electron chi connectivity index (χ2n) is 4.08. The number of halogens is 2. The molecule has 0 radical (unpaired) electrons. The van der Waals surface area contributed by atoms with Crippen LogP contribution in [0, 0.1) is 0 Å². The Morgan fingerprint density at radius 1 is 1.56 bits per heavy atom. The van der Waals surface area contributed by atoms with Gasteiger partial charge in [0.15, 0.2) is 0 Å². The molecule has 1 amide bonds. The van der Waals surface area contributed by atoms with E-state index in [1.54, 1.807) is 0 Å². The van der Waals surface area contributed by atoms with Gasteiger partial charge in [0.25, 0.3) is 0 Å². The lowest BCUT2D eigenvalue weighted by atomic mass is 10.1. The Hall–Kier alpha value is -0.540. The molecule has 16 heavy (non-hydrogen) atoms. The second-order valence-corrected chi connectivity index (χ2v) is 5.61. The van der Waals surface area contributed by atoms with Crippen molar-refractivity contribution in [2.75, 3.05) is 6.54 Å². The van der Waals surface area contributed by atoms with Gasteiger partial charge in [0, 0.05) is 17.4 Å². The van der Waals surface area contributed by atoms with Crippen molar-refractivity contribution in [1.29, 1.82) is 0 Å². The minimum Gasteiger partial charge on any atom is -0.334 e. The summed E-state index contributed by atoms with van der Waals surface area (Å²) in [6.45, 7) is 2.68. The van der Waals surface area contributed by atoms with Gasteiger partial charge in [-0.15, -0.1) is 11.6 Å². The van der Waals surface area contributed by atoms with Crippen LogP contribution in [0.25, 0.3) is 0 Å². The summed E-state index contributed by atoms with van der Waals surface area (Å²) in [6, 6.07) is 8.12. The van der Waals surface area contributed by atoms with E-state index in [1.807, 2.05) is 36.1 Å². The quantitative estimate of drug-likeness (QED) is 0.767. The molecule has 2 atom stereocenters. The molecule has 1 aromatic carbocycles. The highest BCUT2D eigenvalue weighted by atomic mass is 79.9. The highest BCUT2D eigenvalue weighted by Gasteiger charge is 2.31.